The Morgan fingerprint density at radius 2 is 1.61 bits per heavy atom. The Hall–Kier alpha value is -3.35. The van der Waals surface area contributed by atoms with Crippen LogP contribution in [0.4, 0.5) is 4.79 Å². The highest BCUT2D eigenvalue weighted by atomic mass is 16.5. The third kappa shape index (κ3) is 4.19. The summed E-state index contributed by atoms with van der Waals surface area (Å²) in [6, 6.07) is 15.9. The van der Waals surface area contributed by atoms with Crippen molar-refractivity contribution in [1.82, 2.24) is 10.2 Å². The van der Waals surface area contributed by atoms with E-state index in [9.17, 15) is 19.5 Å². The minimum Gasteiger partial charge on any atom is -0.480 e. The van der Waals surface area contributed by atoms with E-state index in [1.165, 1.54) is 25.8 Å². The molecule has 2 aliphatic carbocycles. The lowest BCUT2D eigenvalue weighted by atomic mass is 9.97. The van der Waals surface area contributed by atoms with Crippen LogP contribution in [0.2, 0.25) is 0 Å². The predicted molar refractivity (Wildman–Crippen MR) is 124 cm³/mol. The van der Waals surface area contributed by atoms with Crippen LogP contribution in [0.1, 0.15) is 50.2 Å². The van der Waals surface area contributed by atoms with Crippen LogP contribution in [0, 0.1) is 5.92 Å². The maximum atomic E-state index is 13.0. The van der Waals surface area contributed by atoms with Crippen molar-refractivity contribution in [2.75, 3.05) is 13.7 Å². The number of hydrogen-bond donors (Lipinski definition) is 2. The molecule has 174 valence electrons. The summed E-state index contributed by atoms with van der Waals surface area (Å²) in [5, 5.41) is 12.3. The van der Waals surface area contributed by atoms with Crippen LogP contribution in [0.15, 0.2) is 48.5 Å². The van der Waals surface area contributed by atoms with Gasteiger partial charge in [0.1, 0.15) is 12.1 Å². The Morgan fingerprint density at radius 3 is 2.18 bits per heavy atom. The molecule has 7 nitrogen and oxygen atoms in total. The number of nitrogens with one attached hydrogen (secondary N) is 1. The van der Waals surface area contributed by atoms with Gasteiger partial charge < -0.3 is 20.1 Å². The lowest BCUT2D eigenvalue weighted by Gasteiger charge is -2.34. The van der Waals surface area contributed by atoms with Gasteiger partial charge in [-0.05, 0) is 48.9 Å². The molecule has 2 atom stereocenters. The van der Waals surface area contributed by atoms with Crippen LogP contribution >= 0.6 is 0 Å². The number of carboxylic acids is 1. The van der Waals surface area contributed by atoms with E-state index in [4.69, 9.17) is 4.74 Å². The second kappa shape index (κ2) is 8.89. The molecule has 0 aromatic heterocycles. The van der Waals surface area contributed by atoms with E-state index < -0.39 is 23.5 Å². The van der Waals surface area contributed by atoms with Crippen LogP contribution in [-0.4, -0.2) is 53.2 Å². The van der Waals surface area contributed by atoms with E-state index in [0.717, 1.165) is 28.7 Å². The summed E-state index contributed by atoms with van der Waals surface area (Å²) in [4.78, 5) is 38.5. The summed E-state index contributed by atoms with van der Waals surface area (Å²) in [7, 11) is 1.50. The maximum Gasteiger partial charge on any atom is 0.407 e. The molecule has 0 spiro atoms. The minimum absolute atomic E-state index is 0.0355. The number of carbonyl (C=O) groups is 3. The number of amides is 2. The minimum atomic E-state index is -1.33. The van der Waals surface area contributed by atoms with Crippen molar-refractivity contribution in [2.24, 2.45) is 5.92 Å². The molecule has 33 heavy (non-hydrogen) atoms. The van der Waals surface area contributed by atoms with E-state index in [-0.39, 0.29) is 24.5 Å². The van der Waals surface area contributed by atoms with Crippen molar-refractivity contribution in [3.05, 3.63) is 59.7 Å². The van der Waals surface area contributed by atoms with Gasteiger partial charge in [-0.2, -0.15) is 0 Å². The molecule has 2 aromatic rings. The van der Waals surface area contributed by atoms with Crippen LogP contribution in [0.25, 0.3) is 11.1 Å². The average molecular weight is 451 g/mol. The molecule has 0 aliphatic heterocycles. The van der Waals surface area contributed by atoms with Crippen molar-refractivity contribution in [1.29, 1.82) is 0 Å². The van der Waals surface area contributed by atoms with Crippen LogP contribution in [0.3, 0.4) is 0 Å². The molecule has 0 radical (unpaired) electrons. The summed E-state index contributed by atoms with van der Waals surface area (Å²) in [5.41, 5.74) is 3.27. The molecule has 1 saturated carbocycles. The number of benzene rings is 2. The topological polar surface area (TPSA) is 95.9 Å². The van der Waals surface area contributed by atoms with Gasteiger partial charge in [-0.3, -0.25) is 4.79 Å². The lowest BCUT2D eigenvalue weighted by Crippen LogP contribution is -2.54. The molecule has 2 N–H and O–H groups in total. The molecule has 0 heterocycles. The Bertz CT molecular complexity index is 1030. The molecule has 2 aromatic carbocycles. The molecular formula is C26H30N2O5. The third-order valence-corrected chi connectivity index (χ3v) is 7.17. The molecular weight excluding hydrogens is 420 g/mol. The first-order chi connectivity index (χ1) is 15.7. The van der Waals surface area contributed by atoms with E-state index in [1.54, 1.807) is 0 Å². The maximum absolute atomic E-state index is 13.0. The number of rotatable bonds is 6. The van der Waals surface area contributed by atoms with Gasteiger partial charge in [-0.1, -0.05) is 55.0 Å². The van der Waals surface area contributed by atoms with Crippen molar-refractivity contribution in [2.45, 2.75) is 50.6 Å². The first kappa shape index (κ1) is 22.8. The van der Waals surface area contributed by atoms with Gasteiger partial charge in [-0.15, -0.1) is 0 Å². The van der Waals surface area contributed by atoms with E-state index in [2.05, 4.69) is 29.6 Å². The summed E-state index contributed by atoms with van der Waals surface area (Å²) in [5.74, 6) is -1.85. The fourth-order valence-corrected chi connectivity index (χ4v) is 4.89. The van der Waals surface area contributed by atoms with Gasteiger partial charge in [0.25, 0.3) is 0 Å². The Morgan fingerprint density at radius 1 is 1.03 bits per heavy atom. The van der Waals surface area contributed by atoms with Gasteiger partial charge in [0.2, 0.25) is 5.91 Å². The van der Waals surface area contributed by atoms with Gasteiger partial charge in [-0.25, -0.2) is 9.59 Å². The SMILES string of the molecule is CN(C(=O)[C@H]1CCC[C@H]1NC(=O)OCC1c2ccccc2-c2ccccc21)C(C)(C)C(=O)O. The van der Waals surface area contributed by atoms with Gasteiger partial charge in [0.15, 0.2) is 0 Å². The van der Waals surface area contributed by atoms with Crippen molar-refractivity contribution in [3.63, 3.8) is 0 Å². The zero-order valence-corrected chi connectivity index (χ0v) is 19.2. The standard InChI is InChI=1S/C26H30N2O5/c1-26(2,24(30)31)28(3)23(29)20-13-8-14-22(20)27-25(32)33-15-21-18-11-6-4-9-16(18)17-10-5-7-12-19(17)21/h4-7,9-12,20-22H,8,13-15H2,1-3H3,(H,27,32)(H,30,31)/t20-,22+/m0/s1. The first-order valence-corrected chi connectivity index (χ1v) is 11.3. The van der Waals surface area contributed by atoms with Crippen molar-refractivity contribution < 1.29 is 24.2 Å². The summed E-state index contributed by atoms with van der Waals surface area (Å²) in [6.45, 7) is 3.20. The number of ether oxygens (including phenoxy) is 1. The largest absolute Gasteiger partial charge is 0.480 e. The highest BCUT2D eigenvalue weighted by Crippen LogP contribution is 2.44. The number of nitrogens with zero attached hydrogens (tertiary/aromatic N) is 1. The number of carboxylic acid groups (broad SMARTS) is 1. The molecule has 4 rings (SSSR count). The number of aliphatic carboxylic acids is 1. The molecule has 0 saturated heterocycles. The predicted octanol–water partition coefficient (Wildman–Crippen LogP) is 4.02. The van der Waals surface area contributed by atoms with Gasteiger partial charge in [0, 0.05) is 19.0 Å². The molecule has 2 amide bonds. The summed E-state index contributed by atoms with van der Waals surface area (Å²) >= 11 is 0. The highest BCUT2D eigenvalue weighted by molar-refractivity contribution is 5.88. The average Bonchev–Trinajstić information content (AvgIpc) is 3.39. The molecule has 1 fully saturated rings. The summed E-state index contributed by atoms with van der Waals surface area (Å²) < 4.78 is 5.63. The lowest BCUT2D eigenvalue weighted by molar-refractivity contribution is -0.157. The van der Waals surface area contributed by atoms with Crippen LogP contribution in [0.5, 0.6) is 0 Å². The van der Waals surface area contributed by atoms with Gasteiger partial charge >= 0.3 is 12.1 Å². The van der Waals surface area contributed by atoms with Gasteiger partial charge in [0.05, 0.1) is 5.92 Å². The fraction of sp³-hybridized carbons (Fsp3) is 0.423. The van der Waals surface area contributed by atoms with E-state index in [0.29, 0.717) is 12.8 Å². The molecule has 7 heteroatoms. The van der Waals surface area contributed by atoms with Crippen molar-refractivity contribution in [3.8, 4) is 11.1 Å². The highest BCUT2D eigenvalue weighted by Gasteiger charge is 2.42. The number of hydrogen-bond acceptors (Lipinski definition) is 4. The number of alkyl carbamates (subject to hydrolysis) is 1. The Labute approximate surface area is 193 Å². The second-order valence-electron chi connectivity index (χ2n) is 9.38. The Kier molecular flexibility index (Phi) is 6.15. The molecule has 2 aliphatic rings. The van der Waals surface area contributed by atoms with E-state index in [1.807, 2.05) is 24.3 Å². The number of fused-ring (bicyclic) bond motifs is 3. The van der Waals surface area contributed by atoms with E-state index >= 15 is 0 Å². The Balaban J connectivity index is 1.40. The summed E-state index contributed by atoms with van der Waals surface area (Å²) in [6.07, 6.45) is 1.49. The zero-order chi connectivity index (χ0) is 23.8. The quantitative estimate of drug-likeness (QED) is 0.693. The smallest absolute Gasteiger partial charge is 0.407 e. The fourth-order valence-electron chi connectivity index (χ4n) is 4.89. The molecule has 0 bridgehead atoms. The molecule has 0 unspecified atom stereocenters. The zero-order valence-electron chi connectivity index (χ0n) is 19.2. The van der Waals surface area contributed by atoms with Crippen LogP contribution < -0.4 is 5.32 Å². The van der Waals surface area contributed by atoms with Crippen molar-refractivity contribution >= 4 is 18.0 Å². The number of carbonyl (C=O) groups excluding carboxylic acids is 2. The monoisotopic (exact) mass is 450 g/mol. The number of likely N-dealkylation sites (N-methyl/N-ethyl adjacent to an activating group) is 1. The van der Waals surface area contributed by atoms with Crippen LogP contribution in [-0.2, 0) is 14.3 Å². The second-order valence-corrected chi connectivity index (χ2v) is 9.38. The first-order valence-electron chi connectivity index (χ1n) is 11.3. The third-order valence-electron chi connectivity index (χ3n) is 7.17. The normalized spacial score (nSPS) is 19.5.